The second-order valence-corrected chi connectivity index (χ2v) is 5.39. The molecule has 4 nitrogen and oxygen atoms in total. The molecule has 0 saturated carbocycles. The van der Waals surface area contributed by atoms with Crippen LogP contribution in [0, 0.1) is 0 Å². The van der Waals surface area contributed by atoms with Gasteiger partial charge in [0.15, 0.2) is 0 Å². The molecule has 1 saturated heterocycles. The Morgan fingerprint density at radius 2 is 1.75 bits per heavy atom. The summed E-state index contributed by atoms with van der Waals surface area (Å²) in [6.07, 6.45) is 3.40. The largest absolute Gasteiger partial charge is 0.354 e. The van der Waals surface area contributed by atoms with Gasteiger partial charge >= 0.3 is 0 Å². The van der Waals surface area contributed by atoms with E-state index in [1.807, 2.05) is 18.2 Å². The van der Waals surface area contributed by atoms with Gasteiger partial charge in [0, 0.05) is 43.9 Å². The Kier molecular flexibility index (Phi) is 4.14. The molecule has 0 atom stereocenters. The quantitative estimate of drug-likeness (QED) is 0.868. The van der Waals surface area contributed by atoms with Gasteiger partial charge < -0.3 is 4.90 Å². The summed E-state index contributed by atoms with van der Waals surface area (Å²) in [5, 5.41) is 0.794. The zero-order valence-corrected chi connectivity index (χ0v) is 12.0. The van der Waals surface area contributed by atoms with E-state index in [2.05, 4.69) is 31.9 Å². The minimum Gasteiger partial charge on any atom is -0.354 e. The van der Waals surface area contributed by atoms with Crippen molar-refractivity contribution in [2.75, 3.05) is 31.1 Å². The van der Waals surface area contributed by atoms with Gasteiger partial charge in [0.05, 0.1) is 0 Å². The lowest BCUT2D eigenvalue weighted by Crippen LogP contribution is -2.46. The molecule has 3 rings (SSSR count). The van der Waals surface area contributed by atoms with Crippen LogP contribution in [-0.4, -0.2) is 41.0 Å². The van der Waals surface area contributed by atoms with E-state index in [1.165, 1.54) is 5.56 Å². The standard InChI is InChI=1S/C15H17ClN4/c16-14-3-1-13(2-4-14)11-19-7-9-20(10-8-19)15-5-6-17-12-18-15/h1-6,12H,7-11H2. The first-order valence-corrected chi connectivity index (χ1v) is 7.17. The highest BCUT2D eigenvalue weighted by Gasteiger charge is 2.17. The fourth-order valence-corrected chi connectivity index (χ4v) is 2.58. The normalized spacial score (nSPS) is 16.4. The number of nitrogens with zero attached hydrogens (tertiary/aromatic N) is 4. The van der Waals surface area contributed by atoms with Crippen LogP contribution < -0.4 is 4.90 Å². The Hall–Kier alpha value is -1.65. The summed E-state index contributed by atoms with van der Waals surface area (Å²) >= 11 is 5.91. The van der Waals surface area contributed by atoms with Gasteiger partial charge in [-0.25, -0.2) is 9.97 Å². The smallest absolute Gasteiger partial charge is 0.131 e. The molecule has 1 aliphatic heterocycles. The van der Waals surface area contributed by atoms with Crippen molar-refractivity contribution < 1.29 is 0 Å². The van der Waals surface area contributed by atoms with Crippen LogP contribution in [0.3, 0.4) is 0 Å². The summed E-state index contributed by atoms with van der Waals surface area (Å²) in [6.45, 7) is 5.09. The highest BCUT2D eigenvalue weighted by Crippen LogP contribution is 2.15. The van der Waals surface area contributed by atoms with Gasteiger partial charge in [-0.1, -0.05) is 23.7 Å². The van der Waals surface area contributed by atoms with E-state index >= 15 is 0 Å². The monoisotopic (exact) mass is 288 g/mol. The number of hydrogen-bond donors (Lipinski definition) is 0. The molecule has 0 aliphatic carbocycles. The van der Waals surface area contributed by atoms with Crippen LogP contribution in [0.15, 0.2) is 42.9 Å². The summed E-state index contributed by atoms with van der Waals surface area (Å²) < 4.78 is 0. The predicted octanol–water partition coefficient (Wildman–Crippen LogP) is 2.45. The molecule has 0 N–H and O–H groups in total. The molecular formula is C15H17ClN4. The number of rotatable bonds is 3. The van der Waals surface area contributed by atoms with Crippen molar-refractivity contribution in [3.05, 3.63) is 53.4 Å². The highest BCUT2D eigenvalue weighted by molar-refractivity contribution is 6.30. The Morgan fingerprint density at radius 3 is 2.40 bits per heavy atom. The van der Waals surface area contributed by atoms with Crippen LogP contribution in [0.25, 0.3) is 0 Å². The molecule has 1 aliphatic rings. The Balaban J connectivity index is 1.55. The number of anilines is 1. The summed E-state index contributed by atoms with van der Waals surface area (Å²) in [6, 6.07) is 10.1. The highest BCUT2D eigenvalue weighted by atomic mass is 35.5. The molecule has 104 valence electrons. The second kappa shape index (κ2) is 6.20. The maximum absolute atomic E-state index is 5.91. The van der Waals surface area contributed by atoms with Gasteiger partial charge in [-0.15, -0.1) is 0 Å². The molecule has 1 aromatic carbocycles. The SMILES string of the molecule is Clc1ccc(CN2CCN(c3ccncn3)CC2)cc1. The second-order valence-electron chi connectivity index (χ2n) is 4.96. The average Bonchev–Trinajstić information content (AvgIpc) is 2.51. The Morgan fingerprint density at radius 1 is 1.00 bits per heavy atom. The van der Waals surface area contributed by atoms with E-state index in [-0.39, 0.29) is 0 Å². The molecule has 0 unspecified atom stereocenters. The zero-order valence-electron chi connectivity index (χ0n) is 11.2. The first-order valence-electron chi connectivity index (χ1n) is 6.79. The molecule has 5 heteroatoms. The van der Waals surface area contributed by atoms with E-state index in [0.29, 0.717) is 0 Å². The molecule has 1 aromatic heterocycles. The van der Waals surface area contributed by atoms with E-state index in [0.717, 1.165) is 43.6 Å². The molecule has 0 amide bonds. The molecular weight excluding hydrogens is 272 g/mol. The Labute approximate surface area is 124 Å². The lowest BCUT2D eigenvalue weighted by atomic mass is 10.2. The van der Waals surface area contributed by atoms with Crippen molar-refractivity contribution in [1.29, 1.82) is 0 Å². The average molecular weight is 289 g/mol. The topological polar surface area (TPSA) is 32.3 Å². The number of hydrogen-bond acceptors (Lipinski definition) is 4. The number of benzene rings is 1. The van der Waals surface area contributed by atoms with Crippen molar-refractivity contribution in [2.24, 2.45) is 0 Å². The summed E-state index contributed by atoms with van der Waals surface area (Å²) in [4.78, 5) is 13.0. The molecule has 2 aromatic rings. The summed E-state index contributed by atoms with van der Waals surface area (Å²) in [7, 11) is 0. The van der Waals surface area contributed by atoms with E-state index in [1.54, 1.807) is 12.5 Å². The van der Waals surface area contributed by atoms with E-state index < -0.39 is 0 Å². The van der Waals surface area contributed by atoms with Crippen molar-refractivity contribution in [3.8, 4) is 0 Å². The fourth-order valence-electron chi connectivity index (χ4n) is 2.45. The lowest BCUT2D eigenvalue weighted by Gasteiger charge is -2.35. The molecule has 1 fully saturated rings. The Bertz CT molecular complexity index is 536. The van der Waals surface area contributed by atoms with Gasteiger partial charge in [-0.3, -0.25) is 4.90 Å². The number of aromatic nitrogens is 2. The fraction of sp³-hybridized carbons (Fsp3) is 0.333. The van der Waals surface area contributed by atoms with Crippen LogP contribution in [0.1, 0.15) is 5.56 Å². The maximum atomic E-state index is 5.91. The van der Waals surface area contributed by atoms with Crippen molar-refractivity contribution in [2.45, 2.75) is 6.54 Å². The van der Waals surface area contributed by atoms with Gasteiger partial charge in [0.1, 0.15) is 12.1 Å². The van der Waals surface area contributed by atoms with Crippen molar-refractivity contribution in [1.82, 2.24) is 14.9 Å². The first kappa shape index (κ1) is 13.3. The lowest BCUT2D eigenvalue weighted by molar-refractivity contribution is 0.249. The van der Waals surface area contributed by atoms with Crippen LogP contribution in [0.2, 0.25) is 5.02 Å². The minimum absolute atomic E-state index is 0.794. The van der Waals surface area contributed by atoms with Gasteiger partial charge in [0.2, 0.25) is 0 Å². The molecule has 0 spiro atoms. The molecule has 20 heavy (non-hydrogen) atoms. The van der Waals surface area contributed by atoms with Gasteiger partial charge in [-0.05, 0) is 23.8 Å². The van der Waals surface area contributed by atoms with E-state index in [4.69, 9.17) is 11.6 Å². The third-order valence-corrected chi connectivity index (χ3v) is 3.83. The van der Waals surface area contributed by atoms with E-state index in [9.17, 15) is 0 Å². The van der Waals surface area contributed by atoms with Crippen molar-refractivity contribution >= 4 is 17.4 Å². The van der Waals surface area contributed by atoms with Crippen LogP contribution >= 0.6 is 11.6 Å². The van der Waals surface area contributed by atoms with Crippen LogP contribution in [0.4, 0.5) is 5.82 Å². The molecule has 0 bridgehead atoms. The molecule has 0 radical (unpaired) electrons. The van der Waals surface area contributed by atoms with Crippen molar-refractivity contribution in [3.63, 3.8) is 0 Å². The van der Waals surface area contributed by atoms with Crippen LogP contribution in [-0.2, 0) is 6.54 Å². The number of piperazine rings is 1. The zero-order chi connectivity index (χ0) is 13.8. The predicted molar refractivity (Wildman–Crippen MR) is 81.0 cm³/mol. The van der Waals surface area contributed by atoms with Gasteiger partial charge in [0.25, 0.3) is 0 Å². The number of halogens is 1. The summed E-state index contributed by atoms with van der Waals surface area (Å²) in [5.74, 6) is 1.02. The summed E-state index contributed by atoms with van der Waals surface area (Å²) in [5.41, 5.74) is 1.31. The third kappa shape index (κ3) is 3.26. The first-order chi connectivity index (χ1) is 9.81. The molecule has 2 heterocycles. The van der Waals surface area contributed by atoms with Gasteiger partial charge in [-0.2, -0.15) is 0 Å². The van der Waals surface area contributed by atoms with Crippen LogP contribution in [0.5, 0.6) is 0 Å². The minimum atomic E-state index is 0.794. The third-order valence-electron chi connectivity index (χ3n) is 3.58. The maximum Gasteiger partial charge on any atom is 0.131 e.